The van der Waals surface area contributed by atoms with Gasteiger partial charge in [0, 0.05) is 0 Å². The normalized spacial score (nSPS) is 10.6. The summed E-state index contributed by atoms with van der Waals surface area (Å²) in [4.78, 5) is 15.2. The molecule has 0 aliphatic carbocycles. The molecule has 0 amide bonds. The Hall–Kier alpha value is -1.52. The Morgan fingerprint density at radius 1 is 1.71 bits per heavy atom. The summed E-state index contributed by atoms with van der Waals surface area (Å²) in [5.74, 6) is 0.204. The number of rotatable bonds is 3. The summed E-state index contributed by atoms with van der Waals surface area (Å²) in [7, 11) is 0. The maximum absolute atomic E-state index is 11.3. The molecule has 0 spiro atoms. The first kappa shape index (κ1) is 10.6. The second-order valence-corrected chi connectivity index (χ2v) is 3.38. The second-order valence-electron chi connectivity index (χ2n) is 3.38. The molecule has 0 atom stereocenters. The van der Waals surface area contributed by atoms with Crippen LogP contribution in [0.25, 0.3) is 0 Å². The molecule has 1 aromatic heterocycles. The van der Waals surface area contributed by atoms with Crippen LogP contribution in [-0.2, 0) is 16.1 Å². The van der Waals surface area contributed by atoms with Crippen molar-refractivity contribution in [1.82, 2.24) is 9.55 Å². The molecular weight excluding hydrogens is 182 g/mol. The summed E-state index contributed by atoms with van der Waals surface area (Å²) < 4.78 is 6.54. The van der Waals surface area contributed by atoms with Gasteiger partial charge < -0.3 is 15.0 Å². The Bertz CT molecular complexity index is 331. The van der Waals surface area contributed by atoms with E-state index < -0.39 is 0 Å². The van der Waals surface area contributed by atoms with Gasteiger partial charge in [-0.15, -0.1) is 0 Å². The number of aromatic nitrogens is 2. The van der Waals surface area contributed by atoms with Crippen LogP contribution in [-0.4, -0.2) is 21.6 Å². The number of hydrogen-bond acceptors (Lipinski definition) is 4. The van der Waals surface area contributed by atoms with Crippen molar-refractivity contribution in [3.05, 3.63) is 12.0 Å². The Morgan fingerprint density at radius 2 is 2.36 bits per heavy atom. The molecule has 1 rings (SSSR count). The molecule has 1 aromatic rings. The number of carbonyl (C=O) groups is 1. The van der Waals surface area contributed by atoms with Crippen LogP contribution in [0.2, 0.25) is 0 Å². The Labute approximate surface area is 82.9 Å². The summed E-state index contributed by atoms with van der Waals surface area (Å²) in [6.45, 7) is 5.52. The van der Waals surface area contributed by atoms with Crippen LogP contribution in [0, 0.1) is 6.92 Å². The Balaban J connectivity index is 2.61. The number of anilines is 1. The van der Waals surface area contributed by atoms with Crippen LogP contribution < -0.4 is 5.73 Å². The third-order valence-corrected chi connectivity index (χ3v) is 1.74. The number of aryl methyl sites for hydroxylation is 1. The molecule has 14 heavy (non-hydrogen) atoms. The number of esters is 1. The number of carbonyl (C=O) groups excluding carboxylic acids is 1. The molecule has 0 saturated heterocycles. The average Bonchev–Trinajstić information content (AvgIpc) is 2.34. The fourth-order valence-corrected chi connectivity index (χ4v) is 1.06. The van der Waals surface area contributed by atoms with Crippen LogP contribution in [0.1, 0.15) is 19.5 Å². The van der Waals surface area contributed by atoms with Crippen molar-refractivity contribution in [2.45, 2.75) is 33.4 Å². The largest absolute Gasteiger partial charge is 0.462 e. The number of hydrogen-bond donors (Lipinski definition) is 1. The number of nitrogens with zero attached hydrogens (tertiary/aromatic N) is 2. The summed E-state index contributed by atoms with van der Waals surface area (Å²) >= 11 is 0. The Morgan fingerprint density at radius 3 is 2.79 bits per heavy atom. The zero-order chi connectivity index (χ0) is 10.7. The molecule has 0 saturated carbocycles. The van der Waals surface area contributed by atoms with Gasteiger partial charge in [0.05, 0.1) is 18.1 Å². The number of ether oxygens (including phenoxy) is 1. The highest BCUT2D eigenvalue weighted by molar-refractivity contribution is 5.70. The highest BCUT2D eigenvalue weighted by Gasteiger charge is 2.09. The van der Waals surface area contributed by atoms with Gasteiger partial charge in [0.25, 0.3) is 0 Å². The summed E-state index contributed by atoms with van der Waals surface area (Å²) in [5.41, 5.74) is 6.40. The molecule has 5 heteroatoms. The highest BCUT2D eigenvalue weighted by atomic mass is 16.5. The molecule has 5 nitrogen and oxygen atoms in total. The first-order valence-electron chi connectivity index (χ1n) is 4.47. The quantitative estimate of drug-likeness (QED) is 0.725. The summed E-state index contributed by atoms with van der Waals surface area (Å²) in [5, 5.41) is 0. The van der Waals surface area contributed by atoms with Gasteiger partial charge in [0.1, 0.15) is 12.4 Å². The van der Waals surface area contributed by atoms with Gasteiger partial charge >= 0.3 is 5.97 Å². The van der Waals surface area contributed by atoms with E-state index in [1.54, 1.807) is 25.3 Å². The van der Waals surface area contributed by atoms with Crippen LogP contribution >= 0.6 is 0 Å². The van der Waals surface area contributed by atoms with Crippen molar-refractivity contribution in [3.8, 4) is 0 Å². The Kier molecular flexibility index (Phi) is 3.11. The highest BCUT2D eigenvalue weighted by Crippen LogP contribution is 2.08. The van der Waals surface area contributed by atoms with Crippen molar-refractivity contribution in [3.63, 3.8) is 0 Å². The molecule has 0 aliphatic heterocycles. The molecular formula is C9H15N3O2. The van der Waals surface area contributed by atoms with Crippen LogP contribution in [0.3, 0.4) is 0 Å². The first-order valence-corrected chi connectivity index (χ1v) is 4.47. The molecule has 0 fully saturated rings. The molecule has 0 aliphatic rings. The van der Waals surface area contributed by atoms with Crippen LogP contribution in [0.4, 0.5) is 5.82 Å². The summed E-state index contributed by atoms with van der Waals surface area (Å²) in [6, 6.07) is 0. The van der Waals surface area contributed by atoms with Gasteiger partial charge in [-0.3, -0.25) is 4.79 Å². The first-order chi connectivity index (χ1) is 6.50. The molecule has 78 valence electrons. The second kappa shape index (κ2) is 4.13. The maximum Gasteiger partial charge on any atom is 0.326 e. The monoisotopic (exact) mass is 197 g/mol. The predicted molar refractivity (Wildman–Crippen MR) is 52.6 cm³/mol. The van der Waals surface area contributed by atoms with Crippen LogP contribution in [0.5, 0.6) is 0 Å². The lowest BCUT2D eigenvalue weighted by Crippen LogP contribution is -2.18. The van der Waals surface area contributed by atoms with Gasteiger partial charge in [0.2, 0.25) is 0 Å². The van der Waals surface area contributed by atoms with E-state index in [-0.39, 0.29) is 18.6 Å². The summed E-state index contributed by atoms with van der Waals surface area (Å²) in [6.07, 6.45) is 1.43. The van der Waals surface area contributed by atoms with E-state index in [4.69, 9.17) is 10.5 Å². The topological polar surface area (TPSA) is 70.1 Å². The van der Waals surface area contributed by atoms with Crippen molar-refractivity contribution < 1.29 is 9.53 Å². The van der Waals surface area contributed by atoms with Gasteiger partial charge in [-0.05, 0) is 20.8 Å². The molecule has 0 radical (unpaired) electrons. The van der Waals surface area contributed by atoms with E-state index in [1.165, 1.54) is 6.33 Å². The molecule has 0 aromatic carbocycles. The number of imidazole rings is 1. The zero-order valence-electron chi connectivity index (χ0n) is 8.65. The average molecular weight is 197 g/mol. The lowest BCUT2D eigenvalue weighted by Gasteiger charge is -2.08. The standard InChI is InChI=1S/C9H15N3O2/c1-6(2)14-8(13)4-12-5-11-7(3)9(12)10/h5-6H,4,10H2,1-3H3. The minimum atomic E-state index is -0.302. The molecule has 0 unspecified atom stereocenters. The predicted octanol–water partition coefficient (Wildman–Crippen LogP) is 0.725. The van der Waals surface area contributed by atoms with Crippen molar-refractivity contribution in [2.75, 3.05) is 5.73 Å². The third-order valence-electron chi connectivity index (χ3n) is 1.74. The van der Waals surface area contributed by atoms with Gasteiger partial charge in [-0.1, -0.05) is 0 Å². The fraction of sp³-hybridized carbons (Fsp3) is 0.556. The van der Waals surface area contributed by atoms with E-state index in [1.807, 2.05) is 0 Å². The van der Waals surface area contributed by atoms with Gasteiger partial charge in [-0.25, -0.2) is 4.98 Å². The third kappa shape index (κ3) is 2.48. The number of nitrogens with two attached hydrogens (primary N) is 1. The van der Waals surface area contributed by atoms with E-state index in [9.17, 15) is 4.79 Å². The van der Waals surface area contributed by atoms with E-state index in [0.717, 1.165) is 5.69 Å². The smallest absolute Gasteiger partial charge is 0.326 e. The molecule has 1 heterocycles. The van der Waals surface area contributed by atoms with Crippen molar-refractivity contribution in [2.24, 2.45) is 0 Å². The van der Waals surface area contributed by atoms with E-state index >= 15 is 0 Å². The van der Waals surface area contributed by atoms with Crippen LogP contribution in [0.15, 0.2) is 6.33 Å². The van der Waals surface area contributed by atoms with Gasteiger partial charge in [-0.2, -0.15) is 0 Å². The van der Waals surface area contributed by atoms with Crippen molar-refractivity contribution >= 4 is 11.8 Å². The SMILES string of the molecule is Cc1ncn(CC(=O)OC(C)C)c1N. The molecule has 2 N–H and O–H groups in total. The van der Waals surface area contributed by atoms with E-state index in [2.05, 4.69) is 4.98 Å². The molecule has 0 bridgehead atoms. The van der Waals surface area contributed by atoms with E-state index in [0.29, 0.717) is 5.82 Å². The minimum Gasteiger partial charge on any atom is -0.462 e. The zero-order valence-corrected chi connectivity index (χ0v) is 8.65. The minimum absolute atomic E-state index is 0.103. The van der Waals surface area contributed by atoms with Crippen molar-refractivity contribution in [1.29, 1.82) is 0 Å². The maximum atomic E-state index is 11.3. The number of nitrogen functional groups attached to an aromatic ring is 1. The lowest BCUT2D eigenvalue weighted by molar-refractivity contribution is -0.148. The van der Waals surface area contributed by atoms with Gasteiger partial charge in [0.15, 0.2) is 0 Å². The lowest BCUT2D eigenvalue weighted by atomic mass is 10.4. The fourth-order valence-electron chi connectivity index (χ4n) is 1.06.